The zero-order valence-electron chi connectivity index (χ0n) is 9.15. The van der Waals surface area contributed by atoms with E-state index in [2.05, 4.69) is 4.90 Å². The molecular formula is C12H19NO2. The lowest BCUT2D eigenvalue weighted by molar-refractivity contribution is -0.126. The fraction of sp³-hybridized carbons (Fsp3) is 0.917. The van der Waals surface area contributed by atoms with Crippen LogP contribution in [-0.4, -0.2) is 43.5 Å². The van der Waals surface area contributed by atoms with Gasteiger partial charge in [-0.1, -0.05) is 0 Å². The third-order valence-corrected chi connectivity index (χ3v) is 4.37. The van der Waals surface area contributed by atoms with Gasteiger partial charge in [-0.25, -0.2) is 0 Å². The highest BCUT2D eigenvalue weighted by molar-refractivity contribution is 5.87. The summed E-state index contributed by atoms with van der Waals surface area (Å²) in [5.41, 5.74) is 0. The molecule has 2 bridgehead atoms. The third kappa shape index (κ3) is 1.72. The molecule has 0 radical (unpaired) electrons. The van der Waals surface area contributed by atoms with Crippen LogP contribution < -0.4 is 0 Å². The monoisotopic (exact) mass is 209 g/mol. The van der Waals surface area contributed by atoms with Crippen LogP contribution in [-0.2, 0) is 9.53 Å². The quantitative estimate of drug-likeness (QED) is 0.677. The number of morpholine rings is 1. The fourth-order valence-electron chi connectivity index (χ4n) is 3.48. The highest BCUT2D eigenvalue weighted by Crippen LogP contribution is 2.46. The van der Waals surface area contributed by atoms with Crippen molar-refractivity contribution in [2.24, 2.45) is 17.8 Å². The molecule has 3 nitrogen and oxygen atoms in total. The van der Waals surface area contributed by atoms with Crippen LogP contribution in [0, 0.1) is 17.8 Å². The highest BCUT2D eigenvalue weighted by Gasteiger charge is 2.46. The number of nitrogens with zero attached hydrogens (tertiary/aromatic N) is 1. The minimum absolute atomic E-state index is 0.363. The van der Waals surface area contributed by atoms with E-state index < -0.39 is 0 Å². The molecular weight excluding hydrogens is 190 g/mol. The molecule has 3 heteroatoms. The van der Waals surface area contributed by atoms with E-state index in [1.165, 1.54) is 19.3 Å². The van der Waals surface area contributed by atoms with Crippen LogP contribution in [0.3, 0.4) is 0 Å². The Morgan fingerprint density at radius 2 is 2.07 bits per heavy atom. The topological polar surface area (TPSA) is 29.5 Å². The van der Waals surface area contributed by atoms with Crippen molar-refractivity contribution in [3.05, 3.63) is 0 Å². The molecule has 3 aliphatic rings. The number of ketones is 1. The fourth-order valence-corrected chi connectivity index (χ4v) is 3.48. The van der Waals surface area contributed by atoms with Gasteiger partial charge in [0.05, 0.1) is 13.2 Å². The standard InChI is InChI=1S/C12H19NO2/c14-12-10-2-1-9(7-10)11(12)8-13-3-5-15-6-4-13/h9-11H,1-8H2/t9-,10-,11-/m0/s1. The van der Waals surface area contributed by atoms with E-state index in [4.69, 9.17) is 4.74 Å². The van der Waals surface area contributed by atoms with Gasteiger partial charge in [0, 0.05) is 31.5 Å². The number of carbonyl (C=O) groups is 1. The summed E-state index contributed by atoms with van der Waals surface area (Å²) in [6.45, 7) is 4.72. The average Bonchev–Trinajstić information content (AvgIpc) is 2.84. The molecule has 3 fully saturated rings. The Hall–Kier alpha value is -0.410. The van der Waals surface area contributed by atoms with Crippen molar-refractivity contribution < 1.29 is 9.53 Å². The molecule has 0 spiro atoms. The van der Waals surface area contributed by atoms with E-state index in [9.17, 15) is 4.79 Å². The minimum atomic E-state index is 0.363. The molecule has 0 aromatic heterocycles. The predicted molar refractivity (Wildman–Crippen MR) is 56.6 cm³/mol. The maximum atomic E-state index is 12.0. The van der Waals surface area contributed by atoms with Gasteiger partial charge in [-0.05, 0) is 25.2 Å². The van der Waals surface area contributed by atoms with Gasteiger partial charge in [-0.2, -0.15) is 0 Å². The lowest BCUT2D eigenvalue weighted by atomic mass is 9.87. The second kappa shape index (κ2) is 3.87. The number of fused-ring (bicyclic) bond motifs is 2. The molecule has 1 saturated heterocycles. The van der Waals surface area contributed by atoms with E-state index in [0.717, 1.165) is 32.8 Å². The first-order valence-corrected chi connectivity index (χ1v) is 6.18. The molecule has 1 aliphatic heterocycles. The molecule has 3 rings (SSSR count). The SMILES string of the molecule is O=C1[C@H]2CC[C@@H](C2)[C@@H]1CN1CCOCC1. The largest absolute Gasteiger partial charge is 0.379 e. The van der Waals surface area contributed by atoms with Crippen molar-refractivity contribution >= 4 is 5.78 Å². The van der Waals surface area contributed by atoms with Crippen molar-refractivity contribution in [2.45, 2.75) is 19.3 Å². The molecule has 15 heavy (non-hydrogen) atoms. The molecule has 0 N–H and O–H groups in total. The van der Waals surface area contributed by atoms with E-state index >= 15 is 0 Å². The van der Waals surface area contributed by atoms with Crippen LogP contribution in [0.2, 0.25) is 0 Å². The summed E-state index contributed by atoms with van der Waals surface area (Å²) in [5.74, 6) is 2.07. The van der Waals surface area contributed by atoms with Crippen molar-refractivity contribution in [2.75, 3.05) is 32.8 Å². The molecule has 2 saturated carbocycles. The number of carbonyl (C=O) groups excluding carboxylic acids is 1. The number of hydrogen-bond donors (Lipinski definition) is 0. The molecule has 0 aromatic carbocycles. The minimum Gasteiger partial charge on any atom is -0.379 e. The maximum Gasteiger partial charge on any atom is 0.140 e. The highest BCUT2D eigenvalue weighted by atomic mass is 16.5. The van der Waals surface area contributed by atoms with Crippen LogP contribution in [0.5, 0.6) is 0 Å². The average molecular weight is 209 g/mol. The van der Waals surface area contributed by atoms with Gasteiger partial charge >= 0.3 is 0 Å². The van der Waals surface area contributed by atoms with E-state index in [0.29, 0.717) is 23.5 Å². The van der Waals surface area contributed by atoms with E-state index in [1.807, 2.05) is 0 Å². The Morgan fingerprint density at radius 3 is 2.73 bits per heavy atom. The van der Waals surface area contributed by atoms with Gasteiger partial charge in [0.1, 0.15) is 5.78 Å². The van der Waals surface area contributed by atoms with E-state index in [-0.39, 0.29) is 0 Å². The zero-order valence-corrected chi connectivity index (χ0v) is 9.15. The Kier molecular flexibility index (Phi) is 2.53. The maximum absolute atomic E-state index is 12.0. The second-order valence-corrected chi connectivity index (χ2v) is 5.19. The van der Waals surface area contributed by atoms with Crippen LogP contribution in [0.4, 0.5) is 0 Å². The summed E-state index contributed by atoms with van der Waals surface area (Å²) in [4.78, 5) is 14.4. The summed E-state index contributed by atoms with van der Waals surface area (Å²) in [6, 6.07) is 0. The third-order valence-electron chi connectivity index (χ3n) is 4.37. The molecule has 84 valence electrons. The Morgan fingerprint density at radius 1 is 1.27 bits per heavy atom. The van der Waals surface area contributed by atoms with Gasteiger partial charge in [0.2, 0.25) is 0 Å². The number of rotatable bonds is 2. The lowest BCUT2D eigenvalue weighted by Crippen LogP contribution is -2.42. The predicted octanol–water partition coefficient (Wildman–Crippen LogP) is 0.934. The Bertz CT molecular complexity index is 260. The van der Waals surface area contributed by atoms with Gasteiger partial charge in [0.25, 0.3) is 0 Å². The molecule has 1 heterocycles. The molecule has 0 unspecified atom stereocenters. The smallest absolute Gasteiger partial charge is 0.140 e. The van der Waals surface area contributed by atoms with Gasteiger partial charge in [-0.15, -0.1) is 0 Å². The molecule has 3 atom stereocenters. The Balaban J connectivity index is 1.60. The number of hydrogen-bond acceptors (Lipinski definition) is 3. The van der Waals surface area contributed by atoms with Crippen molar-refractivity contribution in [3.8, 4) is 0 Å². The molecule has 2 aliphatic carbocycles. The summed E-state index contributed by atoms with van der Waals surface area (Å²) >= 11 is 0. The normalized spacial score (nSPS) is 41.3. The van der Waals surface area contributed by atoms with Gasteiger partial charge in [0.15, 0.2) is 0 Å². The van der Waals surface area contributed by atoms with Gasteiger partial charge < -0.3 is 4.74 Å². The summed E-state index contributed by atoms with van der Waals surface area (Å²) in [7, 11) is 0. The van der Waals surface area contributed by atoms with Crippen LogP contribution in [0.25, 0.3) is 0 Å². The van der Waals surface area contributed by atoms with Gasteiger partial charge in [-0.3, -0.25) is 9.69 Å². The number of Topliss-reactive ketones (excluding diaryl/α,β-unsaturated/α-hetero) is 1. The molecule has 0 aromatic rings. The first-order chi connectivity index (χ1) is 7.34. The van der Waals surface area contributed by atoms with Crippen molar-refractivity contribution in [1.82, 2.24) is 4.90 Å². The summed E-state index contributed by atoms with van der Waals surface area (Å²) in [5, 5.41) is 0. The van der Waals surface area contributed by atoms with Crippen molar-refractivity contribution in [1.29, 1.82) is 0 Å². The second-order valence-electron chi connectivity index (χ2n) is 5.19. The zero-order chi connectivity index (χ0) is 10.3. The molecule has 0 amide bonds. The first kappa shape index (κ1) is 9.79. The van der Waals surface area contributed by atoms with Crippen molar-refractivity contribution in [3.63, 3.8) is 0 Å². The van der Waals surface area contributed by atoms with Crippen LogP contribution >= 0.6 is 0 Å². The Labute approximate surface area is 90.8 Å². The first-order valence-electron chi connectivity index (χ1n) is 6.18. The lowest BCUT2D eigenvalue weighted by Gasteiger charge is -2.31. The summed E-state index contributed by atoms with van der Waals surface area (Å²) < 4.78 is 5.33. The van der Waals surface area contributed by atoms with E-state index in [1.54, 1.807) is 0 Å². The van der Waals surface area contributed by atoms with Crippen LogP contribution in [0.15, 0.2) is 0 Å². The van der Waals surface area contributed by atoms with Crippen LogP contribution in [0.1, 0.15) is 19.3 Å². The summed E-state index contributed by atoms with van der Waals surface area (Å²) in [6.07, 6.45) is 3.66. The number of ether oxygens (including phenoxy) is 1.